The van der Waals surface area contributed by atoms with E-state index in [1.165, 1.54) is 7.11 Å². The van der Waals surface area contributed by atoms with Crippen LogP contribution in [0.1, 0.15) is 40.5 Å². The summed E-state index contributed by atoms with van der Waals surface area (Å²) in [5.74, 6) is -0.451. The molecule has 1 aromatic carbocycles. The number of unbranched alkanes of at least 4 members (excludes halogenated alkanes) is 1. The number of esters is 1. The van der Waals surface area contributed by atoms with E-state index in [4.69, 9.17) is 4.74 Å². The zero-order valence-corrected chi connectivity index (χ0v) is 12.9. The molecule has 0 aromatic heterocycles. The second kappa shape index (κ2) is 9.13. The summed E-state index contributed by atoms with van der Waals surface area (Å²) in [5.41, 5.74) is 1.00. The fraction of sp³-hybridized carbons (Fsp3) is 0.500. The zero-order chi connectivity index (χ0) is 15.7. The average Bonchev–Trinajstić information content (AvgIpc) is 2.54. The zero-order valence-electron chi connectivity index (χ0n) is 12.9. The van der Waals surface area contributed by atoms with Crippen molar-refractivity contribution in [3.8, 4) is 0 Å². The van der Waals surface area contributed by atoms with Crippen molar-refractivity contribution in [1.29, 1.82) is 0 Å². The first kappa shape index (κ1) is 17.2. The molecule has 116 valence electrons. The predicted molar refractivity (Wildman–Crippen MR) is 80.5 cm³/mol. The molecule has 0 bridgehead atoms. The van der Waals surface area contributed by atoms with E-state index in [1.54, 1.807) is 36.3 Å². The molecule has 5 heteroatoms. The number of benzene rings is 1. The van der Waals surface area contributed by atoms with Crippen LogP contribution in [0, 0.1) is 0 Å². The molecule has 0 radical (unpaired) electrons. The Bertz CT molecular complexity index is 448. The first-order valence-electron chi connectivity index (χ1n) is 7.10. The minimum atomic E-state index is -0.406. The quantitative estimate of drug-likeness (QED) is 0.690. The average molecular weight is 293 g/mol. The van der Waals surface area contributed by atoms with Gasteiger partial charge in [0, 0.05) is 25.8 Å². The molecule has 1 aromatic rings. The number of carbonyl (C=O) groups excluding carboxylic acids is 2. The summed E-state index contributed by atoms with van der Waals surface area (Å²) in [7, 11) is 2.95. The Morgan fingerprint density at radius 2 is 1.67 bits per heavy atom. The van der Waals surface area contributed by atoms with Gasteiger partial charge in [-0.3, -0.25) is 4.79 Å². The molecule has 0 unspecified atom stereocenters. The van der Waals surface area contributed by atoms with Crippen LogP contribution in [-0.4, -0.2) is 50.7 Å². The maximum Gasteiger partial charge on any atom is 0.337 e. The topological polar surface area (TPSA) is 55.8 Å². The minimum absolute atomic E-state index is 0.0445. The number of carbonyl (C=O) groups is 2. The largest absolute Gasteiger partial charge is 0.465 e. The molecule has 0 fully saturated rings. The van der Waals surface area contributed by atoms with Gasteiger partial charge >= 0.3 is 5.97 Å². The summed E-state index contributed by atoms with van der Waals surface area (Å²) < 4.78 is 9.69. The van der Waals surface area contributed by atoms with Gasteiger partial charge in [-0.05, 0) is 30.7 Å². The molecule has 0 saturated heterocycles. The molecular formula is C16H23NO4. The number of hydrogen-bond acceptors (Lipinski definition) is 4. The third-order valence-corrected chi connectivity index (χ3v) is 3.19. The number of nitrogens with zero attached hydrogens (tertiary/aromatic N) is 1. The van der Waals surface area contributed by atoms with Crippen LogP contribution in [-0.2, 0) is 9.47 Å². The predicted octanol–water partition coefficient (Wildman–Crippen LogP) is 2.36. The first-order chi connectivity index (χ1) is 10.1. The van der Waals surface area contributed by atoms with E-state index in [0.29, 0.717) is 30.8 Å². The first-order valence-corrected chi connectivity index (χ1v) is 7.10. The Balaban J connectivity index is 2.79. The molecule has 1 amide bonds. The van der Waals surface area contributed by atoms with Gasteiger partial charge in [0.1, 0.15) is 0 Å². The summed E-state index contributed by atoms with van der Waals surface area (Å²) in [6.07, 6.45) is 1.98. The number of methoxy groups -OCH3 is 2. The molecule has 21 heavy (non-hydrogen) atoms. The third-order valence-electron chi connectivity index (χ3n) is 3.19. The van der Waals surface area contributed by atoms with Crippen molar-refractivity contribution in [1.82, 2.24) is 4.90 Å². The van der Waals surface area contributed by atoms with Crippen molar-refractivity contribution >= 4 is 11.9 Å². The molecule has 0 aliphatic rings. The minimum Gasteiger partial charge on any atom is -0.465 e. The van der Waals surface area contributed by atoms with Gasteiger partial charge in [-0.2, -0.15) is 0 Å². The highest BCUT2D eigenvalue weighted by Crippen LogP contribution is 2.10. The van der Waals surface area contributed by atoms with Crippen LogP contribution in [0.5, 0.6) is 0 Å². The highest BCUT2D eigenvalue weighted by molar-refractivity contribution is 5.96. The van der Waals surface area contributed by atoms with E-state index in [0.717, 1.165) is 12.8 Å². The molecule has 0 spiro atoms. The summed E-state index contributed by atoms with van der Waals surface area (Å²) in [5, 5.41) is 0. The molecular weight excluding hydrogens is 270 g/mol. The second-order valence-electron chi connectivity index (χ2n) is 4.71. The van der Waals surface area contributed by atoms with Crippen molar-refractivity contribution in [2.24, 2.45) is 0 Å². The lowest BCUT2D eigenvalue weighted by molar-refractivity contribution is 0.0599. The molecule has 0 N–H and O–H groups in total. The van der Waals surface area contributed by atoms with E-state index in [9.17, 15) is 9.59 Å². The fourth-order valence-corrected chi connectivity index (χ4v) is 1.91. The maximum atomic E-state index is 12.5. The Morgan fingerprint density at radius 1 is 1.05 bits per heavy atom. The van der Waals surface area contributed by atoms with Crippen molar-refractivity contribution in [2.45, 2.75) is 19.8 Å². The summed E-state index contributed by atoms with van der Waals surface area (Å²) in [6, 6.07) is 6.52. The van der Waals surface area contributed by atoms with Crippen LogP contribution in [0.25, 0.3) is 0 Å². The van der Waals surface area contributed by atoms with Crippen molar-refractivity contribution < 1.29 is 19.1 Å². The molecule has 0 saturated carbocycles. The fourth-order valence-electron chi connectivity index (χ4n) is 1.91. The Kier molecular flexibility index (Phi) is 7.46. The van der Waals surface area contributed by atoms with E-state index in [2.05, 4.69) is 11.7 Å². The van der Waals surface area contributed by atoms with Gasteiger partial charge in [0.15, 0.2) is 0 Å². The van der Waals surface area contributed by atoms with Gasteiger partial charge in [0.05, 0.1) is 19.3 Å². The number of ether oxygens (including phenoxy) is 2. The highest BCUT2D eigenvalue weighted by atomic mass is 16.5. The van der Waals surface area contributed by atoms with Crippen LogP contribution in [0.2, 0.25) is 0 Å². The van der Waals surface area contributed by atoms with Gasteiger partial charge in [-0.1, -0.05) is 13.3 Å². The van der Waals surface area contributed by atoms with Crippen LogP contribution in [0.3, 0.4) is 0 Å². The molecule has 0 aliphatic carbocycles. The van der Waals surface area contributed by atoms with Crippen molar-refractivity contribution in [3.63, 3.8) is 0 Å². The smallest absolute Gasteiger partial charge is 0.337 e. The lowest BCUT2D eigenvalue weighted by atomic mass is 10.1. The normalized spacial score (nSPS) is 10.2. The van der Waals surface area contributed by atoms with Crippen molar-refractivity contribution in [2.75, 3.05) is 33.9 Å². The van der Waals surface area contributed by atoms with Crippen LogP contribution < -0.4 is 0 Å². The van der Waals surface area contributed by atoms with Gasteiger partial charge in [-0.25, -0.2) is 4.79 Å². The van der Waals surface area contributed by atoms with Gasteiger partial charge < -0.3 is 14.4 Å². The van der Waals surface area contributed by atoms with Crippen molar-refractivity contribution in [3.05, 3.63) is 35.4 Å². The van der Waals surface area contributed by atoms with Crippen LogP contribution >= 0.6 is 0 Å². The third kappa shape index (κ3) is 5.19. The van der Waals surface area contributed by atoms with E-state index in [-0.39, 0.29) is 5.91 Å². The molecule has 1 rings (SSSR count). The second-order valence-corrected chi connectivity index (χ2v) is 4.71. The van der Waals surface area contributed by atoms with Gasteiger partial charge in [-0.15, -0.1) is 0 Å². The lowest BCUT2D eigenvalue weighted by Gasteiger charge is -2.22. The highest BCUT2D eigenvalue weighted by Gasteiger charge is 2.15. The Labute approximate surface area is 125 Å². The van der Waals surface area contributed by atoms with E-state index >= 15 is 0 Å². The number of rotatable bonds is 8. The van der Waals surface area contributed by atoms with Gasteiger partial charge in [0.25, 0.3) is 5.91 Å². The SMILES string of the molecule is CCCCN(CCOC)C(=O)c1ccc(C(=O)OC)cc1. The van der Waals surface area contributed by atoms with E-state index < -0.39 is 5.97 Å². The standard InChI is InChI=1S/C16H23NO4/c1-4-5-10-17(11-12-20-2)15(18)13-6-8-14(9-7-13)16(19)21-3/h6-9H,4-5,10-12H2,1-3H3. The lowest BCUT2D eigenvalue weighted by Crippen LogP contribution is -2.34. The summed E-state index contributed by atoms with van der Waals surface area (Å²) in [4.78, 5) is 25.6. The molecule has 5 nitrogen and oxygen atoms in total. The number of hydrogen-bond donors (Lipinski definition) is 0. The molecule has 0 heterocycles. The van der Waals surface area contributed by atoms with Crippen LogP contribution in [0.4, 0.5) is 0 Å². The Hall–Kier alpha value is -1.88. The monoisotopic (exact) mass is 293 g/mol. The molecule has 0 aliphatic heterocycles. The maximum absolute atomic E-state index is 12.5. The van der Waals surface area contributed by atoms with Gasteiger partial charge in [0.2, 0.25) is 0 Å². The Morgan fingerprint density at radius 3 is 2.19 bits per heavy atom. The number of amides is 1. The van der Waals surface area contributed by atoms with Crippen LogP contribution in [0.15, 0.2) is 24.3 Å². The summed E-state index contributed by atoms with van der Waals surface area (Å²) >= 11 is 0. The molecule has 0 atom stereocenters. The van der Waals surface area contributed by atoms with E-state index in [1.807, 2.05) is 0 Å². The summed E-state index contributed by atoms with van der Waals surface area (Å²) in [6.45, 7) is 3.87.